The van der Waals surface area contributed by atoms with Gasteiger partial charge in [-0.1, -0.05) is 42.7 Å². The largest absolute Gasteiger partial charge is 0.388 e. The zero-order valence-electron chi connectivity index (χ0n) is 13.0. The number of morpholine rings is 1. The second kappa shape index (κ2) is 6.91. The summed E-state index contributed by atoms with van der Waals surface area (Å²) in [6.07, 6.45) is 5.99. The topological polar surface area (TPSA) is 32.7 Å². The Morgan fingerprint density at radius 1 is 1.24 bits per heavy atom. The summed E-state index contributed by atoms with van der Waals surface area (Å²) < 4.78 is 5.91. The van der Waals surface area contributed by atoms with Crippen LogP contribution in [0.15, 0.2) is 24.3 Å². The van der Waals surface area contributed by atoms with Crippen molar-refractivity contribution in [2.24, 2.45) is 0 Å². The monoisotopic (exact) mass is 289 g/mol. The second-order valence-electron chi connectivity index (χ2n) is 6.51. The van der Waals surface area contributed by atoms with Gasteiger partial charge in [0, 0.05) is 19.1 Å². The van der Waals surface area contributed by atoms with Crippen LogP contribution in [0.25, 0.3) is 0 Å². The van der Waals surface area contributed by atoms with Crippen molar-refractivity contribution in [1.82, 2.24) is 4.90 Å². The second-order valence-corrected chi connectivity index (χ2v) is 6.51. The van der Waals surface area contributed by atoms with Gasteiger partial charge in [0.15, 0.2) is 0 Å². The van der Waals surface area contributed by atoms with Gasteiger partial charge in [0.2, 0.25) is 0 Å². The Balaban J connectivity index is 1.55. The van der Waals surface area contributed by atoms with E-state index in [1.54, 1.807) is 0 Å². The van der Waals surface area contributed by atoms with Gasteiger partial charge in [-0.05, 0) is 31.7 Å². The molecule has 1 heterocycles. The maximum absolute atomic E-state index is 10.4. The maximum atomic E-state index is 10.4. The van der Waals surface area contributed by atoms with Crippen LogP contribution in [0.2, 0.25) is 0 Å². The van der Waals surface area contributed by atoms with Crippen molar-refractivity contribution < 1.29 is 9.84 Å². The highest BCUT2D eigenvalue weighted by Crippen LogP contribution is 2.29. The van der Waals surface area contributed by atoms with Crippen LogP contribution in [0.4, 0.5) is 0 Å². The van der Waals surface area contributed by atoms with Gasteiger partial charge >= 0.3 is 0 Å². The SMILES string of the molecule is Cc1ccc(C(O)CCN2CCOC3CCCCC32)cc1. The molecule has 3 atom stereocenters. The average Bonchev–Trinajstić information content (AvgIpc) is 2.53. The molecule has 1 aromatic rings. The van der Waals surface area contributed by atoms with Crippen LogP contribution < -0.4 is 0 Å². The first-order valence-electron chi connectivity index (χ1n) is 8.34. The number of fused-ring (bicyclic) bond motifs is 1. The summed E-state index contributed by atoms with van der Waals surface area (Å²) >= 11 is 0. The minimum absolute atomic E-state index is 0.351. The van der Waals surface area contributed by atoms with Crippen molar-refractivity contribution >= 4 is 0 Å². The molecule has 1 aliphatic heterocycles. The fourth-order valence-corrected chi connectivity index (χ4v) is 3.70. The summed E-state index contributed by atoms with van der Waals surface area (Å²) in [4.78, 5) is 2.55. The molecular formula is C18H27NO2. The highest BCUT2D eigenvalue weighted by Gasteiger charge is 2.33. The molecule has 0 aromatic heterocycles. The molecule has 1 N–H and O–H groups in total. The normalized spacial score (nSPS) is 28.1. The van der Waals surface area contributed by atoms with Crippen molar-refractivity contribution in [3.8, 4) is 0 Å². The minimum Gasteiger partial charge on any atom is -0.388 e. The molecule has 0 amide bonds. The Labute approximate surface area is 127 Å². The van der Waals surface area contributed by atoms with E-state index in [0.717, 1.165) is 31.7 Å². The highest BCUT2D eigenvalue weighted by atomic mass is 16.5. The number of aryl methyl sites for hydroxylation is 1. The van der Waals surface area contributed by atoms with Crippen molar-refractivity contribution in [3.05, 3.63) is 35.4 Å². The number of hydrogen-bond acceptors (Lipinski definition) is 3. The molecule has 1 saturated heterocycles. The molecule has 0 spiro atoms. The molecule has 3 rings (SSSR count). The Kier molecular flexibility index (Phi) is 4.94. The summed E-state index contributed by atoms with van der Waals surface area (Å²) in [7, 11) is 0. The zero-order chi connectivity index (χ0) is 14.7. The molecule has 3 nitrogen and oxygen atoms in total. The third kappa shape index (κ3) is 3.65. The lowest BCUT2D eigenvalue weighted by Crippen LogP contribution is -2.52. The lowest BCUT2D eigenvalue weighted by molar-refractivity contribution is -0.0904. The number of rotatable bonds is 4. The summed E-state index contributed by atoms with van der Waals surface area (Å²) in [6.45, 7) is 4.91. The predicted octanol–water partition coefficient (Wildman–Crippen LogP) is 3.06. The third-order valence-corrected chi connectivity index (χ3v) is 5.00. The van der Waals surface area contributed by atoms with E-state index in [2.05, 4.69) is 24.0 Å². The number of ether oxygens (including phenoxy) is 1. The van der Waals surface area contributed by atoms with E-state index < -0.39 is 0 Å². The average molecular weight is 289 g/mol. The van der Waals surface area contributed by atoms with Crippen LogP contribution in [0.5, 0.6) is 0 Å². The van der Waals surface area contributed by atoms with Crippen LogP contribution in [0.3, 0.4) is 0 Å². The molecular weight excluding hydrogens is 262 g/mol. The van der Waals surface area contributed by atoms with E-state index in [1.807, 2.05) is 12.1 Å². The molecule has 0 bridgehead atoms. The van der Waals surface area contributed by atoms with Gasteiger partial charge in [-0.15, -0.1) is 0 Å². The predicted molar refractivity (Wildman–Crippen MR) is 84.3 cm³/mol. The first-order valence-corrected chi connectivity index (χ1v) is 8.34. The standard InChI is InChI=1S/C18H27NO2/c1-14-6-8-15(9-7-14)17(20)10-11-19-12-13-21-18-5-3-2-4-16(18)19/h6-9,16-18,20H,2-5,10-13H2,1H3. The molecule has 1 aromatic carbocycles. The molecule has 2 aliphatic rings. The maximum Gasteiger partial charge on any atom is 0.0802 e. The molecule has 1 saturated carbocycles. The van der Waals surface area contributed by atoms with Crippen LogP contribution in [-0.2, 0) is 4.74 Å². The van der Waals surface area contributed by atoms with Crippen molar-refractivity contribution in [3.63, 3.8) is 0 Å². The minimum atomic E-state index is -0.351. The number of nitrogens with zero attached hydrogens (tertiary/aromatic N) is 1. The van der Waals surface area contributed by atoms with Crippen molar-refractivity contribution in [2.75, 3.05) is 19.7 Å². The Morgan fingerprint density at radius 3 is 2.81 bits per heavy atom. The summed E-state index contributed by atoms with van der Waals surface area (Å²) in [5, 5.41) is 10.4. The van der Waals surface area contributed by atoms with Gasteiger partial charge in [-0.25, -0.2) is 0 Å². The van der Waals surface area contributed by atoms with Crippen LogP contribution in [-0.4, -0.2) is 41.8 Å². The van der Waals surface area contributed by atoms with Gasteiger partial charge in [-0.3, -0.25) is 4.90 Å². The number of aliphatic hydroxyl groups excluding tert-OH is 1. The molecule has 21 heavy (non-hydrogen) atoms. The van der Waals surface area contributed by atoms with E-state index in [1.165, 1.54) is 31.2 Å². The van der Waals surface area contributed by atoms with Crippen LogP contribution >= 0.6 is 0 Å². The summed E-state index contributed by atoms with van der Waals surface area (Å²) in [6, 6.07) is 8.82. The number of aliphatic hydroxyl groups is 1. The van der Waals surface area contributed by atoms with Gasteiger partial charge in [0.05, 0.1) is 18.8 Å². The summed E-state index contributed by atoms with van der Waals surface area (Å²) in [5.74, 6) is 0. The molecule has 2 fully saturated rings. The molecule has 3 unspecified atom stereocenters. The van der Waals surface area contributed by atoms with Crippen molar-refractivity contribution in [2.45, 2.75) is 57.3 Å². The van der Waals surface area contributed by atoms with E-state index in [4.69, 9.17) is 4.74 Å². The lowest BCUT2D eigenvalue weighted by atomic mass is 9.90. The zero-order valence-corrected chi connectivity index (χ0v) is 13.0. The number of benzene rings is 1. The van der Waals surface area contributed by atoms with Gasteiger partial charge in [0.25, 0.3) is 0 Å². The highest BCUT2D eigenvalue weighted by molar-refractivity contribution is 5.23. The van der Waals surface area contributed by atoms with Crippen molar-refractivity contribution in [1.29, 1.82) is 0 Å². The van der Waals surface area contributed by atoms with E-state index in [-0.39, 0.29) is 6.10 Å². The van der Waals surface area contributed by atoms with E-state index >= 15 is 0 Å². The molecule has 116 valence electrons. The summed E-state index contributed by atoms with van der Waals surface area (Å²) in [5.41, 5.74) is 2.28. The number of hydrogen-bond donors (Lipinski definition) is 1. The van der Waals surface area contributed by atoms with Crippen LogP contribution in [0.1, 0.15) is 49.3 Å². The molecule has 3 heteroatoms. The van der Waals surface area contributed by atoms with Gasteiger partial charge in [0.1, 0.15) is 0 Å². The first-order chi connectivity index (χ1) is 10.2. The molecule has 1 aliphatic carbocycles. The fraction of sp³-hybridized carbons (Fsp3) is 0.667. The molecule has 0 radical (unpaired) electrons. The quantitative estimate of drug-likeness (QED) is 0.924. The van der Waals surface area contributed by atoms with Gasteiger partial charge in [-0.2, -0.15) is 0 Å². The Hall–Kier alpha value is -0.900. The Morgan fingerprint density at radius 2 is 2.00 bits per heavy atom. The van der Waals surface area contributed by atoms with E-state index in [0.29, 0.717) is 12.1 Å². The first kappa shape index (κ1) is 15.0. The van der Waals surface area contributed by atoms with E-state index in [9.17, 15) is 5.11 Å². The third-order valence-electron chi connectivity index (χ3n) is 5.00. The van der Waals surface area contributed by atoms with Gasteiger partial charge < -0.3 is 9.84 Å². The lowest BCUT2D eigenvalue weighted by Gasteiger charge is -2.44. The Bertz CT molecular complexity index is 443. The fourth-order valence-electron chi connectivity index (χ4n) is 3.70. The van der Waals surface area contributed by atoms with Crippen LogP contribution in [0, 0.1) is 6.92 Å². The smallest absolute Gasteiger partial charge is 0.0802 e.